The van der Waals surface area contributed by atoms with Crippen LogP contribution in [0.1, 0.15) is 0 Å². The molecule has 0 fully saturated rings. The van der Waals surface area contributed by atoms with Crippen molar-refractivity contribution in [2.24, 2.45) is 14.1 Å². The second kappa shape index (κ2) is 3.38. The van der Waals surface area contributed by atoms with Crippen LogP contribution in [0.25, 0.3) is 22.2 Å². The standard InChI is InChI=1S/C13H14N4/c1-16-7-6-9-4-3-5-10(13(9)16)11-8-12(14)17(2)15-11/h3-8H,14H2,1-2H3. The maximum Gasteiger partial charge on any atom is 0.121 e. The fourth-order valence-corrected chi connectivity index (χ4v) is 2.18. The van der Waals surface area contributed by atoms with Gasteiger partial charge in [-0.05, 0) is 6.07 Å². The molecular weight excluding hydrogens is 212 g/mol. The summed E-state index contributed by atoms with van der Waals surface area (Å²) in [4.78, 5) is 0. The van der Waals surface area contributed by atoms with E-state index in [1.165, 1.54) is 10.9 Å². The third-order valence-electron chi connectivity index (χ3n) is 3.09. The molecule has 0 spiro atoms. The molecule has 0 aliphatic rings. The van der Waals surface area contributed by atoms with Crippen molar-refractivity contribution in [3.05, 3.63) is 36.5 Å². The van der Waals surface area contributed by atoms with Crippen molar-refractivity contribution < 1.29 is 0 Å². The van der Waals surface area contributed by atoms with Gasteiger partial charge in [0.25, 0.3) is 0 Å². The van der Waals surface area contributed by atoms with E-state index >= 15 is 0 Å². The summed E-state index contributed by atoms with van der Waals surface area (Å²) in [5.74, 6) is 0.672. The lowest BCUT2D eigenvalue weighted by molar-refractivity contribution is 0.782. The van der Waals surface area contributed by atoms with E-state index in [-0.39, 0.29) is 0 Å². The predicted molar refractivity (Wildman–Crippen MR) is 69.5 cm³/mol. The Bertz CT molecular complexity index is 671. The molecule has 2 N–H and O–H groups in total. The van der Waals surface area contributed by atoms with E-state index in [1.807, 2.05) is 26.2 Å². The van der Waals surface area contributed by atoms with Gasteiger partial charge in [-0.3, -0.25) is 4.68 Å². The van der Waals surface area contributed by atoms with E-state index in [0.29, 0.717) is 5.82 Å². The number of para-hydroxylation sites is 1. The monoisotopic (exact) mass is 226 g/mol. The number of hydrogen-bond acceptors (Lipinski definition) is 2. The van der Waals surface area contributed by atoms with E-state index in [0.717, 1.165) is 11.3 Å². The van der Waals surface area contributed by atoms with Gasteiger partial charge in [0, 0.05) is 37.3 Å². The Morgan fingerprint density at radius 3 is 2.71 bits per heavy atom. The van der Waals surface area contributed by atoms with Crippen LogP contribution in [0.3, 0.4) is 0 Å². The number of rotatable bonds is 1. The Labute approximate surface area is 99.3 Å². The maximum atomic E-state index is 5.83. The van der Waals surface area contributed by atoms with Gasteiger partial charge in [-0.25, -0.2) is 0 Å². The highest BCUT2D eigenvalue weighted by molar-refractivity contribution is 5.94. The first-order valence-electron chi connectivity index (χ1n) is 5.51. The highest BCUT2D eigenvalue weighted by atomic mass is 15.3. The number of aryl methyl sites for hydroxylation is 2. The zero-order valence-corrected chi connectivity index (χ0v) is 9.88. The van der Waals surface area contributed by atoms with Crippen LogP contribution < -0.4 is 5.73 Å². The van der Waals surface area contributed by atoms with Gasteiger partial charge in [0.1, 0.15) is 5.82 Å². The molecule has 4 nitrogen and oxygen atoms in total. The van der Waals surface area contributed by atoms with Gasteiger partial charge in [0.2, 0.25) is 0 Å². The third-order valence-corrected chi connectivity index (χ3v) is 3.09. The van der Waals surface area contributed by atoms with Crippen molar-refractivity contribution in [1.29, 1.82) is 0 Å². The van der Waals surface area contributed by atoms with E-state index in [4.69, 9.17) is 5.73 Å². The molecule has 17 heavy (non-hydrogen) atoms. The summed E-state index contributed by atoms with van der Waals surface area (Å²) < 4.78 is 3.80. The van der Waals surface area contributed by atoms with Gasteiger partial charge < -0.3 is 10.3 Å². The lowest BCUT2D eigenvalue weighted by Gasteiger charge is -2.03. The Morgan fingerprint density at radius 2 is 2.00 bits per heavy atom. The van der Waals surface area contributed by atoms with Gasteiger partial charge in [-0.2, -0.15) is 5.10 Å². The molecule has 0 bridgehead atoms. The minimum Gasteiger partial charge on any atom is -0.384 e. The number of anilines is 1. The first kappa shape index (κ1) is 9.96. The van der Waals surface area contributed by atoms with Crippen molar-refractivity contribution in [1.82, 2.24) is 14.3 Å². The minimum absolute atomic E-state index is 0.672. The fraction of sp³-hybridized carbons (Fsp3) is 0.154. The summed E-state index contributed by atoms with van der Waals surface area (Å²) in [6, 6.07) is 10.2. The SMILES string of the molecule is Cn1nc(-c2cccc3ccn(C)c23)cc1N. The second-order valence-electron chi connectivity index (χ2n) is 4.25. The molecule has 0 atom stereocenters. The molecule has 0 saturated heterocycles. The normalized spacial score (nSPS) is 11.2. The van der Waals surface area contributed by atoms with Gasteiger partial charge >= 0.3 is 0 Å². The summed E-state index contributed by atoms with van der Waals surface area (Å²) >= 11 is 0. The smallest absolute Gasteiger partial charge is 0.121 e. The van der Waals surface area contributed by atoms with E-state index in [2.05, 4.69) is 34.1 Å². The molecule has 3 rings (SSSR count). The quantitative estimate of drug-likeness (QED) is 0.691. The second-order valence-corrected chi connectivity index (χ2v) is 4.25. The predicted octanol–water partition coefficient (Wildman–Crippen LogP) is 2.16. The van der Waals surface area contributed by atoms with Gasteiger partial charge in [0.15, 0.2) is 0 Å². The first-order valence-corrected chi connectivity index (χ1v) is 5.51. The van der Waals surface area contributed by atoms with Crippen LogP contribution in [0.15, 0.2) is 36.5 Å². The number of nitrogen functional groups attached to an aromatic ring is 1. The van der Waals surface area contributed by atoms with E-state index in [9.17, 15) is 0 Å². The van der Waals surface area contributed by atoms with Crippen LogP contribution in [0.2, 0.25) is 0 Å². The summed E-state index contributed by atoms with van der Waals surface area (Å²) in [7, 11) is 3.89. The van der Waals surface area contributed by atoms with Gasteiger partial charge in [-0.1, -0.05) is 18.2 Å². The minimum atomic E-state index is 0.672. The first-order chi connectivity index (χ1) is 8.16. The number of benzene rings is 1. The fourth-order valence-electron chi connectivity index (χ4n) is 2.18. The Hall–Kier alpha value is -2.23. The van der Waals surface area contributed by atoms with E-state index in [1.54, 1.807) is 4.68 Å². The van der Waals surface area contributed by atoms with Crippen molar-refractivity contribution in [2.45, 2.75) is 0 Å². The number of fused-ring (bicyclic) bond motifs is 1. The van der Waals surface area contributed by atoms with Crippen LogP contribution >= 0.6 is 0 Å². The van der Waals surface area contributed by atoms with Crippen LogP contribution in [0.4, 0.5) is 5.82 Å². The Morgan fingerprint density at radius 1 is 1.18 bits per heavy atom. The summed E-state index contributed by atoms with van der Waals surface area (Å²) in [6.45, 7) is 0. The average molecular weight is 226 g/mol. The van der Waals surface area contributed by atoms with Crippen LogP contribution in [0.5, 0.6) is 0 Å². The van der Waals surface area contributed by atoms with Crippen LogP contribution in [0, 0.1) is 0 Å². The average Bonchev–Trinajstić information content (AvgIpc) is 2.84. The summed E-state index contributed by atoms with van der Waals surface area (Å²) in [5, 5.41) is 5.65. The molecule has 0 saturated carbocycles. The molecule has 4 heteroatoms. The van der Waals surface area contributed by atoms with Crippen molar-refractivity contribution in [3.8, 4) is 11.3 Å². The summed E-state index contributed by atoms with van der Waals surface area (Å²) in [5.41, 5.74) is 9.04. The topological polar surface area (TPSA) is 48.8 Å². The zero-order valence-electron chi connectivity index (χ0n) is 9.88. The highest BCUT2D eigenvalue weighted by Gasteiger charge is 2.10. The van der Waals surface area contributed by atoms with Crippen molar-refractivity contribution in [2.75, 3.05) is 5.73 Å². The number of aromatic nitrogens is 3. The number of nitrogens with two attached hydrogens (primary N) is 1. The molecule has 0 unspecified atom stereocenters. The highest BCUT2D eigenvalue weighted by Crippen LogP contribution is 2.28. The van der Waals surface area contributed by atoms with Crippen molar-refractivity contribution in [3.63, 3.8) is 0 Å². The Kier molecular flexibility index (Phi) is 1.98. The molecule has 0 amide bonds. The number of hydrogen-bond donors (Lipinski definition) is 1. The lowest BCUT2D eigenvalue weighted by atomic mass is 10.1. The molecule has 1 aromatic carbocycles. The van der Waals surface area contributed by atoms with Crippen molar-refractivity contribution >= 4 is 16.7 Å². The van der Waals surface area contributed by atoms with Gasteiger partial charge in [-0.15, -0.1) is 0 Å². The number of nitrogens with zero attached hydrogens (tertiary/aromatic N) is 3. The molecule has 2 heterocycles. The molecular formula is C13H14N4. The summed E-state index contributed by atoms with van der Waals surface area (Å²) in [6.07, 6.45) is 2.06. The maximum absolute atomic E-state index is 5.83. The van der Waals surface area contributed by atoms with E-state index < -0.39 is 0 Å². The third kappa shape index (κ3) is 1.41. The molecule has 3 aromatic rings. The largest absolute Gasteiger partial charge is 0.384 e. The Balaban J connectivity index is 2.33. The van der Waals surface area contributed by atoms with Crippen LogP contribution in [-0.2, 0) is 14.1 Å². The molecule has 0 aliphatic carbocycles. The molecule has 86 valence electrons. The van der Waals surface area contributed by atoms with Crippen LogP contribution in [-0.4, -0.2) is 14.3 Å². The lowest BCUT2D eigenvalue weighted by Crippen LogP contribution is -1.96. The van der Waals surface area contributed by atoms with Gasteiger partial charge in [0.05, 0.1) is 11.2 Å². The molecule has 0 radical (unpaired) electrons. The molecule has 0 aliphatic heterocycles. The zero-order chi connectivity index (χ0) is 12.0. The molecule has 2 aromatic heterocycles.